The van der Waals surface area contributed by atoms with Gasteiger partial charge in [-0.3, -0.25) is 4.68 Å². The summed E-state index contributed by atoms with van der Waals surface area (Å²) < 4.78 is 2.02. The Morgan fingerprint density at radius 3 is 2.83 bits per heavy atom. The van der Waals surface area contributed by atoms with Crippen LogP contribution in [-0.4, -0.2) is 51.6 Å². The molecule has 0 amide bonds. The summed E-state index contributed by atoms with van der Waals surface area (Å²) in [7, 11) is 4.27. The second-order valence-corrected chi connectivity index (χ2v) is 8.83. The number of hydrogen-bond acceptors (Lipinski definition) is 4. The van der Waals surface area contributed by atoms with E-state index in [4.69, 9.17) is 0 Å². The molecule has 2 N–H and O–H groups in total. The Labute approximate surface area is 145 Å². The predicted octanol–water partition coefficient (Wildman–Crippen LogP) is 1.87. The fourth-order valence-corrected chi connectivity index (χ4v) is 6.15. The molecule has 1 saturated heterocycles. The zero-order valence-corrected chi connectivity index (χ0v) is 15.5. The van der Waals surface area contributed by atoms with Crippen molar-refractivity contribution < 1.29 is 5.11 Å². The zero-order valence-electron chi connectivity index (χ0n) is 15.5. The molecule has 2 fully saturated rings. The molecule has 2 heterocycles. The molecule has 5 heteroatoms. The molecule has 2 aliphatic carbocycles. The standard InChI is InChI=1S/C19H32N4O/c1-12(2)18-19(11-22(18)3)8-15(17(24)9-19)21-14-6-5-7-16-13(14)10-20-23(16)4/h10,12,14-15,17-18,21,24H,5-9,11H2,1-4H3/t14?,15-,17-,18?,19?/m1/s1. The van der Waals surface area contributed by atoms with Gasteiger partial charge in [0.2, 0.25) is 0 Å². The van der Waals surface area contributed by atoms with E-state index in [1.165, 1.54) is 17.7 Å². The first-order chi connectivity index (χ1) is 11.4. The van der Waals surface area contributed by atoms with Crippen molar-refractivity contribution in [3.8, 4) is 0 Å². The van der Waals surface area contributed by atoms with Crippen LogP contribution >= 0.6 is 0 Å². The van der Waals surface area contributed by atoms with Gasteiger partial charge in [0.15, 0.2) is 0 Å². The van der Waals surface area contributed by atoms with Crippen molar-refractivity contribution in [3.05, 3.63) is 17.5 Å². The molecule has 1 aromatic rings. The number of aromatic nitrogens is 2. The third-order valence-corrected chi connectivity index (χ3v) is 6.80. The maximum atomic E-state index is 10.8. The van der Waals surface area contributed by atoms with Gasteiger partial charge in [0.05, 0.1) is 12.3 Å². The van der Waals surface area contributed by atoms with Gasteiger partial charge in [-0.25, -0.2) is 0 Å². The molecule has 4 rings (SSSR count). The van der Waals surface area contributed by atoms with Crippen molar-refractivity contribution in [2.75, 3.05) is 13.6 Å². The van der Waals surface area contributed by atoms with Crippen molar-refractivity contribution >= 4 is 0 Å². The van der Waals surface area contributed by atoms with E-state index in [-0.39, 0.29) is 12.1 Å². The Bertz CT molecular complexity index is 608. The molecule has 1 aromatic heterocycles. The van der Waals surface area contributed by atoms with Gasteiger partial charge in [0.25, 0.3) is 0 Å². The molecule has 5 atom stereocenters. The van der Waals surface area contributed by atoms with Gasteiger partial charge in [-0.1, -0.05) is 13.8 Å². The zero-order chi connectivity index (χ0) is 17.1. The van der Waals surface area contributed by atoms with E-state index in [1.807, 2.05) is 17.9 Å². The van der Waals surface area contributed by atoms with Crippen molar-refractivity contribution in [1.29, 1.82) is 0 Å². The Kier molecular flexibility index (Phi) is 4.01. The van der Waals surface area contributed by atoms with Crippen LogP contribution in [-0.2, 0) is 13.5 Å². The molecule has 0 bridgehead atoms. The van der Waals surface area contributed by atoms with Gasteiger partial charge < -0.3 is 15.3 Å². The van der Waals surface area contributed by atoms with Crippen LogP contribution in [0.1, 0.15) is 56.8 Å². The maximum Gasteiger partial charge on any atom is 0.0700 e. The SMILES string of the molecule is CC(C)C1N(C)CC12C[C@@H](O)[C@H](NC1CCCc3c1cnn3C)C2. The number of hydrogen-bond donors (Lipinski definition) is 2. The van der Waals surface area contributed by atoms with Crippen molar-refractivity contribution in [2.45, 2.75) is 70.2 Å². The number of rotatable bonds is 3. The summed E-state index contributed by atoms with van der Waals surface area (Å²) in [6.45, 7) is 5.77. The number of aliphatic hydroxyl groups is 1. The predicted molar refractivity (Wildman–Crippen MR) is 94.7 cm³/mol. The highest BCUT2D eigenvalue weighted by molar-refractivity contribution is 5.25. The van der Waals surface area contributed by atoms with E-state index in [2.05, 4.69) is 36.2 Å². The highest BCUT2D eigenvalue weighted by Crippen LogP contribution is 2.52. The Morgan fingerprint density at radius 2 is 2.12 bits per heavy atom. The third-order valence-electron chi connectivity index (χ3n) is 6.80. The van der Waals surface area contributed by atoms with Crippen LogP contribution in [0.5, 0.6) is 0 Å². The molecule has 134 valence electrons. The molecule has 0 radical (unpaired) electrons. The lowest BCUT2D eigenvalue weighted by Crippen LogP contribution is -2.64. The topological polar surface area (TPSA) is 53.3 Å². The van der Waals surface area contributed by atoms with Crippen LogP contribution in [0.4, 0.5) is 0 Å². The van der Waals surface area contributed by atoms with E-state index in [0.717, 1.165) is 32.2 Å². The number of nitrogens with one attached hydrogen (secondary N) is 1. The van der Waals surface area contributed by atoms with E-state index in [9.17, 15) is 5.11 Å². The first-order valence-corrected chi connectivity index (χ1v) is 9.56. The maximum absolute atomic E-state index is 10.8. The Morgan fingerprint density at radius 1 is 1.33 bits per heavy atom. The average molecular weight is 332 g/mol. The molecule has 5 nitrogen and oxygen atoms in total. The largest absolute Gasteiger partial charge is 0.391 e. The van der Waals surface area contributed by atoms with Gasteiger partial charge in [0, 0.05) is 48.4 Å². The molecule has 1 saturated carbocycles. The number of fused-ring (bicyclic) bond motifs is 1. The first kappa shape index (κ1) is 16.6. The minimum absolute atomic E-state index is 0.219. The summed E-state index contributed by atoms with van der Waals surface area (Å²) in [5, 5.41) is 19.0. The minimum atomic E-state index is -0.220. The summed E-state index contributed by atoms with van der Waals surface area (Å²) in [6.07, 6.45) is 7.34. The number of nitrogens with zero attached hydrogens (tertiary/aromatic N) is 3. The molecule has 3 aliphatic rings. The normalized spacial score (nSPS) is 39.4. The van der Waals surface area contributed by atoms with Crippen molar-refractivity contribution in [3.63, 3.8) is 0 Å². The second-order valence-electron chi connectivity index (χ2n) is 8.83. The van der Waals surface area contributed by atoms with Crippen molar-refractivity contribution in [2.24, 2.45) is 18.4 Å². The van der Waals surface area contributed by atoms with Crippen molar-refractivity contribution in [1.82, 2.24) is 20.0 Å². The Balaban J connectivity index is 1.49. The highest BCUT2D eigenvalue weighted by atomic mass is 16.3. The van der Waals surface area contributed by atoms with E-state index >= 15 is 0 Å². The summed E-state index contributed by atoms with van der Waals surface area (Å²) in [5.41, 5.74) is 3.03. The lowest BCUT2D eigenvalue weighted by Gasteiger charge is -2.57. The molecule has 1 aliphatic heterocycles. The summed E-state index contributed by atoms with van der Waals surface area (Å²) in [4.78, 5) is 2.47. The summed E-state index contributed by atoms with van der Waals surface area (Å²) >= 11 is 0. The van der Waals surface area contributed by atoms with E-state index in [1.54, 1.807) is 0 Å². The van der Waals surface area contributed by atoms with Gasteiger partial charge in [-0.2, -0.15) is 5.10 Å². The number of aryl methyl sites for hydroxylation is 1. The summed E-state index contributed by atoms with van der Waals surface area (Å²) in [6, 6.07) is 1.18. The highest BCUT2D eigenvalue weighted by Gasteiger charge is 2.58. The lowest BCUT2D eigenvalue weighted by molar-refractivity contribution is -0.0828. The molecular weight excluding hydrogens is 300 g/mol. The van der Waals surface area contributed by atoms with Gasteiger partial charge >= 0.3 is 0 Å². The van der Waals surface area contributed by atoms with Gasteiger partial charge in [-0.05, 0) is 45.1 Å². The average Bonchev–Trinajstić information content (AvgIpc) is 3.02. The van der Waals surface area contributed by atoms with E-state index < -0.39 is 0 Å². The van der Waals surface area contributed by atoms with Gasteiger partial charge in [0.1, 0.15) is 0 Å². The lowest BCUT2D eigenvalue weighted by atomic mass is 9.66. The van der Waals surface area contributed by atoms with Crippen LogP contribution < -0.4 is 5.32 Å². The molecule has 1 spiro atoms. The van der Waals surface area contributed by atoms with Crippen LogP contribution in [0.15, 0.2) is 6.20 Å². The van der Waals surface area contributed by atoms with Crippen LogP contribution in [0, 0.1) is 11.3 Å². The van der Waals surface area contributed by atoms with Gasteiger partial charge in [-0.15, -0.1) is 0 Å². The molecule has 0 aromatic carbocycles. The number of likely N-dealkylation sites (tertiary alicyclic amines) is 1. The fourth-order valence-electron chi connectivity index (χ4n) is 6.15. The van der Waals surface area contributed by atoms with E-state index in [0.29, 0.717) is 23.4 Å². The first-order valence-electron chi connectivity index (χ1n) is 9.56. The third kappa shape index (κ3) is 2.44. The summed E-state index contributed by atoms with van der Waals surface area (Å²) in [5.74, 6) is 0.648. The molecule has 24 heavy (non-hydrogen) atoms. The monoisotopic (exact) mass is 332 g/mol. The molecule has 3 unspecified atom stereocenters. The van der Waals surface area contributed by atoms with Crippen LogP contribution in [0.2, 0.25) is 0 Å². The van der Waals surface area contributed by atoms with Crippen LogP contribution in [0.25, 0.3) is 0 Å². The van der Waals surface area contributed by atoms with Crippen LogP contribution in [0.3, 0.4) is 0 Å². The minimum Gasteiger partial charge on any atom is -0.391 e. The second kappa shape index (κ2) is 5.82. The number of aliphatic hydroxyl groups excluding tert-OH is 1. The Hall–Kier alpha value is -0.910. The smallest absolute Gasteiger partial charge is 0.0700 e. The fraction of sp³-hybridized carbons (Fsp3) is 0.842. The quantitative estimate of drug-likeness (QED) is 0.887. The molecular formula is C19H32N4O.